The fraction of sp³-hybridized carbons (Fsp3) is 0.263. The molecule has 0 aromatic heterocycles. The summed E-state index contributed by atoms with van der Waals surface area (Å²) in [6.07, 6.45) is 1.00. The van der Waals surface area contributed by atoms with Crippen LogP contribution in [0.5, 0.6) is 11.5 Å². The van der Waals surface area contributed by atoms with Crippen LogP contribution in [0.4, 0.5) is 17.1 Å². The second-order valence-electron chi connectivity index (χ2n) is 6.12. The van der Waals surface area contributed by atoms with Crippen molar-refractivity contribution in [2.45, 2.75) is 6.92 Å². The lowest BCUT2D eigenvalue weighted by atomic mass is 10.2. The molecule has 10 heteroatoms. The first-order chi connectivity index (χ1) is 13.6. The lowest BCUT2D eigenvalue weighted by Crippen LogP contribution is -2.37. The molecule has 0 radical (unpaired) electrons. The van der Waals surface area contributed by atoms with Crippen molar-refractivity contribution in [2.24, 2.45) is 0 Å². The fourth-order valence-corrected chi connectivity index (χ4v) is 3.44. The van der Waals surface area contributed by atoms with Gasteiger partial charge in [-0.3, -0.25) is 13.9 Å². The van der Waals surface area contributed by atoms with Crippen molar-refractivity contribution in [3.05, 3.63) is 42.5 Å². The number of rotatable bonds is 8. The zero-order chi connectivity index (χ0) is 21.6. The number of hydrogen-bond acceptors (Lipinski definition) is 6. The van der Waals surface area contributed by atoms with Gasteiger partial charge in [0.05, 0.1) is 26.2 Å². The molecule has 0 bridgehead atoms. The third-order valence-electron chi connectivity index (χ3n) is 3.81. The normalized spacial score (nSPS) is 10.8. The zero-order valence-corrected chi connectivity index (χ0v) is 17.4. The van der Waals surface area contributed by atoms with E-state index >= 15 is 0 Å². The highest BCUT2D eigenvalue weighted by Gasteiger charge is 2.24. The Morgan fingerprint density at radius 1 is 1.00 bits per heavy atom. The number of anilines is 3. The summed E-state index contributed by atoms with van der Waals surface area (Å²) in [4.78, 5) is 23.7. The standard InChI is InChI=1S/C19H23N3O6S/c1-13(23)20-14-6-5-7-15(10-14)21-19(24)12-22(29(4,25)26)17-9-8-16(27-2)11-18(17)28-3/h5-11H,12H2,1-4H3,(H,20,23)(H,21,24). The molecule has 156 valence electrons. The van der Waals surface area contributed by atoms with Crippen LogP contribution in [-0.4, -0.2) is 47.3 Å². The number of nitrogens with zero attached hydrogens (tertiary/aromatic N) is 1. The number of ether oxygens (including phenoxy) is 2. The summed E-state index contributed by atoms with van der Waals surface area (Å²) in [5.41, 5.74) is 1.13. The van der Waals surface area contributed by atoms with E-state index in [2.05, 4.69) is 10.6 Å². The third-order valence-corrected chi connectivity index (χ3v) is 4.94. The van der Waals surface area contributed by atoms with Crippen LogP contribution in [-0.2, 0) is 19.6 Å². The number of hydrogen-bond donors (Lipinski definition) is 2. The van der Waals surface area contributed by atoms with Gasteiger partial charge in [-0.15, -0.1) is 0 Å². The van der Waals surface area contributed by atoms with Crippen molar-refractivity contribution in [3.8, 4) is 11.5 Å². The Morgan fingerprint density at radius 2 is 1.66 bits per heavy atom. The Balaban J connectivity index is 2.26. The molecule has 0 aliphatic heterocycles. The quantitative estimate of drug-likeness (QED) is 0.674. The summed E-state index contributed by atoms with van der Waals surface area (Å²) in [5, 5.41) is 5.24. The average molecular weight is 421 g/mol. The molecular formula is C19H23N3O6S. The number of amides is 2. The van der Waals surface area contributed by atoms with E-state index in [0.717, 1.165) is 10.6 Å². The van der Waals surface area contributed by atoms with Gasteiger partial charge in [0, 0.05) is 24.4 Å². The minimum Gasteiger partial charge on any atom is -0.497 e. The summed E-state index contributed by atoms with van der Waals surface area (Å²) < 4.78 is 36.0. The molecular weight excluding hydrogens is 398 g/mol. The largest absolute Gasteiger partial charge is 0.497 e. The molecule has 0 atom stereocenters. The molecule has 9 nitrogen and oxygen atoms in total. The lowest BCUT2D eigenvalue weighted by molar-refractivity contribution is -0.115. The topological polar surface area (TPSA) is 114 Å². The summed E-state index contributed by atoms with van der Waals surface area (Å²) in [6.45, 7) is 0.906. The molecule has 0 saturated carbocycles. The monoisotopic (exact) mass is 421 g/mol. The van der Waals surface area contributed by atoms with E-state index in [0.29, 0.717) is 17.1 Å². The molecule has 0 fully saturated rings. The molecule has 0 aliphatic rings. The van der Waals surface area contributed by atoms with E-state index in [1.807, 2.05) is 0 Å². The van der Waals surface area contributed by atoms with E-state index in [1.165, 1.54) is 33.3 Å². The molecule has 2 aromatic rings. The van der Waals surface area contributed by atoms with E-state index < -0.39 is 22.5 Å². The molecule has 2 aromatic carbocycles. The average Bonchev–Trinajstić information content (AvgIpc) is 2.64. The van der Waals surface area contributed by atoms with Crippen molar-refractivity contribution in [3.63, 3.8) is 0 Å². The number of nitrogens with one attached hydrogen (secondary N) is 2. The minimum atomic E-state index is -3.79. The number of carbonyl (C=O) groups is 2. The Labute approximate surface area is 169 Å². The molecule has 0 heterocycles. The summed E-state index contributed by atoms with van der Waals surface area (Å²) >= 11 is 0. The van der Waals surface area contributed by atoms with E-state index in [4.69, 9.17) is 9.47 Å². The van der Waals surface area contributed by atoms with Gasteiger partial charge in [0.1, 0.15) is 18.0 Å². The van der Waals surface area contributed by atoms with Crippen LogP contribution in [0, 0.1) is 0 Å². The van der Waals surface area contributed by atoms with Gasteiger partial charge in [-0.2, -0.15) is 0 Å². The number of methoxy groups -OCH3 is 2. The molecule has 2 N–H and O–H groups in total. The van der Waals surface area contributed by atoms with Gasteiger partial charge >= 0.3 is 0 Å². The lowest BCUT2D eigenvalue weighted by Gasteiger charge is -2.24. The number of benzene rings is 2. The maximum atomic E-state index is 12.5. The van der Waals surface area contributed by atoms with Gasteiger partial charge in [0.2, 0.25) is 21.8 Å². The molecule has 29 heavy (non-hydrogen) atoms. The summed E-state index contributed by atoms with van der Waals surface area (Å²) in [5.74, 6) is -0.0786. The molecule has 2 rings (SSSR count). The molecule has 0 aliphatic carbocycles. The maximum absolute atomic E-state index is 12.5. The smallest absolute Gasteiger partial charge is 0.245 e. The molecule has 0 spiro atoms. The van der Waals surface area contributed by atoms with Crippen LogP contribution < -0.4 is 24.4 Å². The van der Waals surface area contributed by atoms with Crippen LogP contribution in [0.25, 0.3) is 0 Å². The van der Waals surface area contributed by atoms with Gasteiger partial charge < -0.3 is 20.1 Å². The van der Waals surface area contributed by atoms with Gasteiger partial charge in [-0.05, 0) is 30.3 Å². The summed E-state index contributed by atoms with van der Waals surface area (Å²) in [6, 6.07) is 11.1. The van der Waals surface area contributed by atoms with Crippen molar-refractivity contribution in [1.29, 1.82) is 0 Å². The highest BCUT2D eigenvalue weighted by molar-refractivity contribution is 7.92. The highest BCUT2D eigenvalue weighted by Crippen LogP contribution is 2.33. The number of carbonyl (C=O) groups excluding carboxylic acids is 2. The first-order valence-corrected chi connectivity index (χ1v) is 10.4. The van der Waals surface area contributed by atoms with Gasteiger partial charge in [-0.25, -0.2) is 8.42 Å². The molecule has 0 saturated heterocycles. The highest BCUT2D eigenvalue weighted by atomic mass is 32.2. The SMILES string of the molecule is COc1ccc(N(CC(=O)Nc2cccc(NC(C)=O)c2)S(C)(=O)=O)c(OC)c1. The van der Waals surface area contributed by atoms with E-state index in [9.17, 15) is 18.0 Å². The maximum Gasteiger partial charge on any atom is 0.245 e. The van der Waals surface area contributed by atoms with Crippen molar-refractivity contribution in [1.82, 2.24) is 0 Å². The third kappa shape index (κ3) is 6.11. The van der Waals surface area contributed by atoms with Crippen LogP contribution >= 0.6 is 0 Å². The molecule has 2 amide bonds. The van der Waals surface area contributed by atoms with Crippen LogP contribution in [0.1, 0.15) is 6.92 Å². The van der Waals surface area contributed by atoms with Crippen LogP contribution in [0.15, 0.2) is 42.5 Å². The Kier molecular flexibility index (Phi) is 7.05. The minimum absolute atomic E-state index is 0.206. The predicted octanol–water partition coefficient (Wildman–Crippen LogP) is 2.07. The summed E-state index contributed by atoms with van der Waals surface area (Å²) in [7, 11) is -0.914. The van der Waals surface area contributed by atoms with E-state index in [-0.39, 0.29) is 17.3 Å². The van der Waals surface area contributed by atoms with Crippen LogP contribution in [0.2, 0.25) is 0 Å². The molecule has 0 unspecified atom stereocenters. The van der Waals surface area contributed by atoms with Crippen molar-refractivity contribution >= 4 is 38.9 Å². The Hall–Kier alpha value is -3.27. The van der Waals surface area contributed by atoms with E-state index in [1.54, 1.807) is 30.3 Å². The van der Waals surface area contributed by atoms with Gasteiger partial charge in [0.25, 0.3) is 0 Å². The predicted molar refractivity (Wildman–Crippen MR) is 111 cm³/mol. The van der Waals surface area contributed by atoms with Gasteiger partial charge in [-0.1, -0.05) is 6.07 Å². The second kappa shape index (κ2) is 9.28. The zero-order valence-electron chi connectivity index (χ0n) is 16.6. The first kappa shape index (κ1) is 22.0. The van der Waals surface area contributed by atoms with Crippen molar-refractivity contribution < 1.29 is 27.5 Å². The van der Waals surface area contributed by atoms with Crippen LogP contribution in [0.3, 0.4) is 0 Å². The van der Waals surface area contributed by atoms with Gasteiger partial charge in [0.15, 0.2) is 0 Å². The fourth-order valence-electron chi connectivity index (χ4n) is 2.58. The Morgan fingerprint density at radius 3 is 2.21 bits per heavy atom. The number of sulfonamides is 1. The Bertz CT molecular complexity index is 1010. The second-order valence-corrected chi connectivity index (χ2v) is 8.02. The first-order valence-electron chi connectivity index (χ1n) is 8.51. The van der Waals surface area contributed by atoms with Crippen molar-refractivity contribution in [2.75, 3.05) is 42.0 Å².